The number of nitrogens with zero attached hydrogens (tertiary/aromatic N) is 2. The van der Waals surface area contributed by atoms with E-state index in [4.69, 9.17) is 11.6 Å². The normalized spacial score (nSPS) is 11.6. The number of rotatable bonds is 4. The standard InChI is InChI=1S/C13H16BrClN2/c1-3-10(4-2)17-12-7-9(14)5-6-11(12)16-13(17)8-15/h5-7,10H,3-4,8H2,1-2H3. The molecule has 0 unspecified atom stereocenters. The zero-order chi connectivity index (χ0) is 12.4. The van der Waals surface area contributed by atoms with Crippen LogP contribution in [0.25, 0.3) is 11.0 Å². The van der Waals surface area contributed by atoms with Crippen molar-refractivity contribution in [3.63, 3.8) is 0 Å². The molecule has 0 aliphatic carbocycles. The van der Waals surface area contributed by atoms with Crippen LogP contribution in [0.15, 0.2) is 22.7 Å². The third-order valence-electron chi connectivity index (χ3n) is 3.15. The highest BCUT2D eigenvalue weighted by molar-refractivity contribution is 9.10. The number of hydrogen-bond acceptors (Lipinski definition) is 1. The third kappa shape index (κ3) is 2.36. The van der Waals surface area contributed by atoms with Crippen LogP contribution >= 0.6 is 27.5 Å². The molecule has 0 atom stereocenters. The lowest BCUT2D eigenvalue weighted by atomic mass is 10.1. The summed E-state index contributed by atoms with van der Waals surface area (Å²) in [4.78, 5) is 4.60. The van der Waals surface area contributed by atoms with Gasteiger partial charge in [0.25, 0.3) is 0 Å². The van der Waals surface area contributed by atoms with Gasteiger partial charge < -0.3 is 4.57 Å². The lowest BCUT2D eigenvalue weighted by molar-refractivity contribution is 0.472. The second kappa shape index (κ2) is 5.40. The average Bonchev–Trinajstić information content (AvgIpc) is 2.69. The minimum atomic E-state index is 0.461. The van der Waals surface area contributed by atoms with Crippen LogP contribution in [0.3, 0.4) is 0 Å². The monoisotopic (exact) mass is 314 g/mol. The second-order valence-corrected chi connectivity index (χ2v) is 5.32. The fourth-order valence-corrected chi connectivity index (χ4v) is 2.81. The Morgan fingerprint density at radius 2 is 2.06 bits per heavy atom. The second-order valence-electron chi connectivity index (χ2n) is 4.14. The van der Waals surface area contributed by atoms with Crippen molar-refractivity contribution < 1.29 is 0 Å². The largest absolute Gasteiger partial charge is 0.324 e. The molecule has 2 aromatic rings. The van der Waals surface area contributed by atoms with Crippen LogP contribution in [-0.2, 0) is 5.88 Å². The first-order valence-corrected chi connectivity index (χ1v) is 7.26. The van der Waals surface area contributed by atoms with Crippen molar-refractivity contribution in [3.8, 4) is 0 Å². The molecule has 17 heavy (non-hydrogen) atoms. The number of alkyl halides is 1. The molecule has 2 rings (SSSR count). The Bertz CT molecular complexity index is 517. The minimum Gasteiger partial charge on any atom is -0.324 e. The average molecular weight is 316 g/mol. The first-order valence-electron chi connectivity index (χ1n) is 5.93. The minimum absolute atomic E-state index is 0.461. The van der Waals surface area contributed by atoms with E-state index in [0.717, 1.165) is 28.7 Å². The van der Waals surface area contributed by atoms with Crippen LogP contribution in [0.2, 0.25) is 0 Å². The van der Waals surface area contributed by atoms with Gasteiger partial charge in [0, 0.05) is 10.5 Å². The van der Waals surface area contributed by atoms with E-state index in [-0.39, 0.29) is 0 Å². The fourth-order valence-electron chi connectivity index (χ4n) is 2.27. The molecule has 2 nitrogen and oxygen atoms in total. The zero-order valence-electron chi connectivity index (χ0n) is 10.1. The van der Waals surface area contributed by atoms with E-state index < -0.39 is 0 Å². The summed E-state index contributed by atoms with van der Waals surface area (Å²) in [5.74, 6) is 1.43. The predicted octanol–water partition coefficient (Wildman–Crippen LogP) is 4.90. The van der Waals surface area contributed by atoms with E-state index in [0.29, 0.717) is 11.9 Å². The Labute approximate surface area is 115 Å². The van der Waals surface area contributed by atoms with Gasteiger partial charge in [-0.15, -0.1) is 11.6 Å². The molecule has 0 spiro atoms. The molecule has 1 aromatic carbocycles. The summed E-state index contributed by atoms with van der Waals surface area (Å²) < 4.78 is 3.37. The zero-order valence-corrected chi connectivity index (χ0v) is 12.4. The highest BCUT2D eigenvalue weighted by Crippen LogP contribution is 2.28. The van der Waals surface area contributed by atoms with Gasteiger partial charge in [0.05, 0.1) is 16.9 Å². The van der Waals surface area contributed by atoms with Gasteiger partial charge in [-0.1, -0.05) is 29.8 Å². The van der Waals surface area contributed by atoms with Crippen molar-refractivity contribution >= 4 is 38.6 Å². The summed E-state index contributed by atoms with van der Waals surface area (Å²) in [6, 6.07) is 6.65. The smallest absolute Gasteiger partial charge is 0.125 e. The third-order valence-corrected chi connectivity index (χ3v) is 3.88. The molecule has 0 bridgehead atoms. The van der Waals surface area contributed by atoms with E-state index in [2.05, 4.69) is 45.4 Å². The summed E-state index contributed by atoms with van der Waals surface area (Å²) in [7, 11) is 0. The maximum atomic E-state index is 6.01. The Morgan fingerprint density at radius 3 is 2.65 bits per heavy atom. The molecular weight excluding hydrogens is 300 g/mol. The van der Waals surface area contributed by atoms with Crippen LogP contribution in [0.4, 0.5) is 0 Å². The van der Waals surface area contributed by atoms with Gasteiger partial charge in [-0.2, -0.15) is 0 Å². The summed E-state index contributed by atoms with van der Waals surface area (Å²) >= 11 is 9.52. The van der Waals surface area contributed by atoms with Crippen LogP contribution in [0.5, 0.6) is 0 Å². The van der Waals surface area contributed by atoms with E-state index in [1.807, 2.05) is 12.1 Å². The van der Waals surface area contributed by atoms with E-state index >= 15 is 0 Å². The first-order chi connectivity index (χ1) is 8.21. The van der Waals surface area contributed by atoms with Gasteiger partial charge in [0.15, 0.2) is 0 Å². The summed E-state index contributed by atoms with van der Waals surface area (Å²) in [6.07, 6.45) is 2.19. The molecule has 0 saturated heterocycles. The molecule has 0 N–H and O–H groups in total. The van der Waals surface area contributed by atoms with Gasteiger partial charge in [-0.05, 0) is 31.0 Å². The number of imidazole rings is 1. The Balaban J connectivity index is 2.67. The van der Waals surface area contributed by atoms with Crippen LogP contribution in [-0.4, -0.2) is 9.55 Å². The molecule has 0 fully saturated rings. The molecule has 1 heterocycles. The Morgan fingerprint density at radius 1 is 1.35 bits per heavy atom. The SMILES string of the molecule is CCC(CC)n1c(CCl)nc2ccc(Br)cc21. The van der Waals surface area contributed by atoms with Gasteiger partial charge in [0.2, 0.25) is 0 Å². The van der Waals surface area contributed by atoms with Crippen molar-refractivity contribution in [2.45, 2.75) is 38.6 Å². The summed E-state index contributed by atoms with van der Waals surface area (Å²) in [6.45, 7) is 4.41. The molecule has 0 saturated carbocycles. The molecule has 4 heteroatoms. The van der Waals surface area contributed by atoms with Crippen molar-refractivity contribution in [2.24, 2.45) is 0 Å². The molecule has 0 radical (unpaired) electrons. The molecule has 0 amide bonds. The summed E-state index contributed by atoms with van der Waals surface area (Å²) in [5.41, 5.74) is 2.19. The maximum Gasteiger partial charge on any atom is 0.125 e. The van der Waals surface area contributed by atoms with E-state index in [9.17, 15) is 0 Å². The number of aromatic nitrogens is 2. The Hall–Kier alpha value is -0.540. The molecular formula is C13H16BrClN2. The van der Waals surface area contributed by atoms with E-state index in [1.165, 1.54) is 5.52 Å². The van der Waals surface area contributed by atoms with Crippen molar-refractivity contribution in [3.05, 3.63) is 28.5 Å². The van der Waals surface area contributed by atoms with Crippen LogP contribution in [0, 0.1) is 0 Å². The predicted molar refractivity (Wildman–Crippen MR) is 76.6 cm³/mol. The van der Waals surface area contributed by atoms with Crippen LogP contribution < -0.4 is 0 Å². The molecule has 0 aliphatic heterocycles. The molecule has 1 aromatic heterocycles. The van der Waals surface area contributed by atoms with E-state index in [1.54, 1.807) is 0 Å². The van der Waals surface area contributed by atoms with Crippen molar-refractivity contribution in [1.82, 2.24) is 9.55 Å². The quantitative estimate of drug-likeness (QED) is 0.734. The fraction of sp³-hybridized carbons (Fsp3) is 0.462. The number of benzene rings is 1. The topological polar surface area (TPSA) is 17.8 Å². The van der Waals surface area contributed by atoms with Gasteiger partial charge in [0.1, 0.15) is 5.82 Å². The molecule has 0 aliphatic rings. The number of fused-ring (bicyclic) bond motifs is 1. The van der Waals surface area contributed by atoms with Crippen molar-refractivity contribution in [1.29, 1.82) is 0 Å². The first kappa shape index (κ1) is 12.9. The van der Waals surface area contributed by atoms with Crippen LogP contribution in [0.1, 0.15) is 38.6 Å². The highest BCUT2D eigenvalue weighted by atomic mass is 79.9. The van der Waals surface area contributed by atoms with Gasteiger partial charge >= 0.3 is 0 Å². The number of halogens is 2. The number of hydrogen-bond donors (Lipinski definition) is 0. The lowest BCUT2D eigenvalue weighted by Gasteiger charge is -2.18. The maximum absolute atomic E-state index is 6.01. The van der Waals surface area contributed by atoms with Crippen molar-refractivity contribution in [2.75, 3.05) is 0 Å². The molecule has 92 valence electrons. The highest BCUT2D eigenvalue weighted by Gasteiger charge is 2.16. The summed E-state index contributed by atoms with van der Waals surface area (Å²) in [5, 5.41) is 0. The lowest BCUT2D eigenvalue weighted by Crippen LogP contribution is -2.10. The Kier molecular flexibility index (Phi) is 4.10. The van der Waals surface area contributed by atoms with Gasteiger partial charge in [-0.25, -0.2) is 4.98 Å². The van der Waals surface area contributed by atoms with Gasteiger partial charge in [-0.3, -0.25) is 0 Å².